The number of rotatable bonds is 6. The van der Waals surface area contributed by atoms with Crippen molar-refractivity contribution >= 4 is 45.1 Å². The van der Waals surface area contributed by atoms with E-state index in [0.29, 0.717) is 17.0 Å². The molecule has 2 aromatic carbocycles. The number of piperazine rings is 1. The van der Waals surface area contributed by atoms with Crippen LogP contribution in [0.15, 0.2) is 42.6 Å². The summed E-state index contributed by atoms with van der Waals surface area (Å²) in [6.07, 6.45) is 0.874. The Balaban J connectivity index is 1.67. The number of hydrogen-bond acceptors (Lipinski definition) is 9. The third kappa shape index (κ3) is 6.23. The number of carbonyl (C=O) groups is 1. The van der Waals surface area contributed by atoms with Crippen LogP contribution in [0.25, 0.3) is 32.0 Å². The lowest BCUT2D eigenvalue weighted by molar-refractivity contribution is -0.164. The molecule has 0 spiro atoms. The third-order valence-electron chi connectivity index (χ3n) is 7.31. The first-order chi connectivity index (χ1) is 19.4. The van der Waals surface area contributed by atoms with Gasteiger partial charge in [-0.1, -0.05) is 23.7 Å². The summed E-state index contributed by atoms with van der Waals surface area (Å²) in [6, 6.07) is 11.9. The number of aryl methyl sites for hydroxylation is 1. The fourth-order valence-corrected chi connectivity index (χ4v) is 6.32. The zero-order chi connectivity index (χ0) is 29.5. The van der Waals surface area contributed by atoms with Crippen LogP contribution >= 0.6 is 22.9 Å². The minimum absolute atomic E-state index is 0.417. The molecule has 2 atom stereocenters. The first kappa shape index (κ1) is 29.4. The molecule has 1 aliphatic rings. The smallest absolute Gasteiger partial charge is 0.339 e. The maximum absolute atomic E-state index is 13.2. The van der Waals surface area contributed by atoms with Crippen LogP contribution in [0.5, 0.6) is 0 Å². The number of hydrogen-bond donors (Lipinski definition) is 0. The average molecular weight is 594 g/mol. The Morgan fingerprint density at radius 1 is 1.15 bits per heavy atom. The lowest BCUT2D eigenvalue weighted by Crippen LogP contribution is -2.50. The van der Waals surface area contributed by atoms with Gasteiger partial charge in [-0.15, -0.1) is 11.3 Å². The van der Waals surface area contributed by atoms with Gasteiger partial charge in [-0.2, -0.15) is 0 Å². The van der Waals surface area contributed by atoms with Gasteiger partial charge in [0.15, 0.2) is 6.10 Å². The highest BCUT2D eigenvalue weighted by Gasteiger charge is 2.33. The van der Waals surface area contributed by atoms with Crippen molar-refractivity contribution in [3.63, 3.8) is 0 Å². The van der Waals surface area contributed by atoms with Gasteiger partial charge in [0.05, 0.1) is 22.9 Å². The quantitative estimate of drug-likeness (QED) is 0.233. The number of esters is 1. The lowest BCUT2D eigenvalue weighted by atomic mass is 9.91. The molecular weight excluding hydrogens is 558 g/mol. The van der Waals surface area contributed by atoms with Crippen LogP contribution in [0.2, 0.25) is 5.02 Å². The largest absolute Gasteiger partial charge is 0.467 e. The molecule has 0 N–H and O–H groups in total. The first-order valence-electron chi connectivity index (χ1n) is 13.7. The Labute approximate surface area is 250 Å². The summed E-state index contributed by atoms with van der Waals surface area (Å²) < 4.78 is 12.5. The van der Waals surface area contributed by atoms with Crippen LogP contribution in [0.3, 0.4) is 0 Å². The Bertz CT molecular complexity index is 1570. The Morgan fingerprint density at radius 2 is 1.88 bits per heavy atom. The van der Waals surface area contributed by atoms with Crippen LogP contribution in [0.1, 0.15) is 44.9 Å². The maximum atomic E-state index is 13.2. The predicted octanol–water partition coefficient (Wildman–Crippen LogP) is 6.55. The van der Waals surface area contributed by atoms with Crippen LogP contribution in [0, 0.1) is 6.92 Å². The Kier molecular flexibility index (Phi) is 8.34. The zero-order valence-electron chi connectivity index (χ0n) is 24.6. The van der Waals surface area contributed by atoms with Crippen molar-refractivity contribution in [3.8, 4) is 21.8 Å². The molecule has 0 radical (unpaired) electrons. The van der Waals surface area contributed by atoms with E-state index in [4.69, 9.17) is 31.0 Å². The SMILES string of the molecule is COC(=O)[C@@H](OC(C)(C)C)c1c(C)cc2nc(-c3ccnc(N4CCN(C)[C@@H](C)C4)n3)sc2c1-c1ccc(Cl)cc1. The van der Waals surface area contributed by atoms with E-state index in [1.54, 1.807) is 17.5 Å². The van der Waals surface area contributed by atoms with E-state index in [1.807, 2.05) is 64.1 Å². The van der Waals surface area contributed by atoms with E-state index in [1.165, 1.54) is 7.11 Å². The normalized spacial score (nSPS) is 17.2. The summed E-state index contributed by atoms with van der Waals surface area (Å²) in [5.41, 5.74) is 4.43. The minimum Gasteiger partial charge on any atom is -0.467 e. The van der Waals surface area contributed by atoms with Crippen molar-refractivity contribution < 1.29 is 14.3 Å². The van der Waals surface area contributed by atoms with Gasteiger partial charge in [-0.05, 0) is 77.1 Å². The second-order valence-corrected chi connectivity index (χ2v) is 12.9. The van der Waals surface area contributed by atoms with Gasteiger partial charge >= 0.3 is 5.97 Å². The van der Waals surface area contributed by atoms with Crippen molar-refractivity contribution in [2.45, 2.75) is 52.4 Å². The Morgan fingerprint density at radius 3 is 2.54 bits per heavy atom. The molecule has 4 aromatic rings. The number of methoxy groups -OCH3 is 1. The van der Waals surface area contributed by atoms with Crippen molar-refractivity contribution in [2.24, 2.45) is 0 Å². The van der Waals surface area contributed by atoms with Gasteiger partial charge < -0.3 is 19.3 Å². The molecule has 1 aliphatic heterocycles. The molecule has 5 rings (SSSR count). The second kappa shape index (κ2) is 11.6. The van der Waals surface area contributed by atoms with Gasteiger partial charge in [0.25, 0.3) is 0 Å². The molecule has 0 unspecified atom stereocenters. The van der Waals surface area contributed by atoms with Crippen molar-refractivity contribution in [2.75, 3.05) is 38.7 Å². The molecule has 1 fully saturated rings. The van der Waals surface area contributed by atoms with Crippen LogP contribution < -0.4 is 4.90 Å². The minimum atomic E-state index is -0.925. The summed E-state index contributed by atoms with van der Waals surface area (Å²) in [4.78, 5) is 32.3. The van der Waals surface area contributed by atoms with Gasteiger partial charge in [0.2, 0.25) is 5.95 Å². The molecule has 3 heterocycles. The molecule has 0 saturated carbocycles. The van der Waals surface area contributed by atoms with Crippen LogP contribution in [-0.4, -0.2) is 71.3 Å². The molecule has 0 amide bonds. The average Bonchev–Trinajstić information content (AvgIpc) is 3.36. The number of halogens is 1. The fraction of sp³-hybridized carbons (Fsp3) is 0.419. The van der Waals surface area contributed by atoms with E-state index in [2.05, 4.69) is 28.8 Å². The number of carbonyl (C=O) groups excluding carboxylic acids is 1. The number of ether oxygens (including phenoxy) is 2. The Hall–Kier alpha value is -3.11. The molecule has 41 heavy (non-hydrogen) atoms. The maximum Gasteiger partial charge on any atom is 0.339 e. The first-order valence-corrected chi connectivity index (χ1v) is 14.9. The predicted molar refractivity (Wildman–Crippen MR) is 166 cm³/mol. The molecule has 2 aromatic heterocycles. The number of benzene rings is 2. The molecule has 216 valence electrons. The molecule has 0 aliphatic carbocycles. The van der Waals surface area contributed by atoms with Crippen molar-refractivity contribution in [1.82, 2.24) is 19.9 Å². The van der Waals surface area contributed by atoms with E-state index in [9.17, 15) is 4.79 Å². The number of likely N-dealkylation sites (N-methyl/N-ethyl adjacent to an activating group) is 1. The van der Waals surface area contributed by atoms with Crippen molar-refractivity contribution in [1.29, 1.82) is 0 Å². The molecule has 0 bridgehead atoms. The highest BCUT2D eigenvalue weighted by Crippen LogP contribution is 2.44. The summed E-state index contributed by atoms with van der Waals surface area (Å²) in [5, 5.41) is 1.41. The number of thiazole rings is 1. The summed E-state index contributed by atoms with van der Waals surface area (Å²) in [7, 11) is 3.53. The highest BCUT2D eigenvalue weighted by molar-refractivity contribution is 7.22. The fourth-order valence-electron chi connectivity index (χ4n) is 5.10. The monoisotopic (exact) mass is 593 g/mol. The number of aromatic nitrogens is 3. The van der Waals surface area contributed by atoms with Crippen LogP contribution in [-0.2, 0) is 14.3 Å². The molecule has 10 heteroatoms. The molecule has 8 nitrogen and oxygen atoms in total. The number of fused-ring (bicyclic) bond motifs is 1. The number of anilines is 1. The number of nitrogens with zero attached hydrogens (tertiary/aromatic N) is 5. The van der Waals surface area contributed by atoms with Gasteiger partial charge in [-0.25, -0.2) is 19.7 Å². The molecular formula is C31H36ClN5O3S. The lowest BCUT2D eigenvalue weighted by Gasteiger charge is -2.37. The standard InChI is InChI=1S/C31H36ClN5O3S/c1-18-16-23-27(41-28(34-23)22-12-13-33-30(35-22)37-15-14-36(6)19(2)17-37)25(20-8-10-21(32)11-9-20)24(18)26(29(38)39-7)40-31(3,4)5/h8-13,16,19,26H,14-15,17H2,1-7H3/t19-,26-/m0/s1. The van der Waals surface area contributed by atoms with E-state index in [-0.39, 0.29) is 0 Å². The topological polar surface area (TPSA) is 80.7 Å². The van der Waals surface area contributed by atoms with Gasteiger partial charge in [-0.3, -0.25) is 0 Å². The summed E-state index contributed by atoms with van der Waals surface area (Å²) in [5.74, 6) is 0.255. The summed E-state index contributed by atoms with van der Waals surface area (Å²) >= 11 is 7.80. The summed E-state index contributed by atoms with van der Waals surface area (Å²) in [6.45, 7) is 12.7. The van der Waals surface area contributed by atoms with E-state index in [0.717, 1.165) is 62.8 Å². The van der Waals surface area contributed by atoms with Gasteiger partial charge in [0.1, 0.15) is 10.7 Å². The van der Waals surface area contributed by atoms with E-state index < -0.39 is 17.7 Å². The van der Waals surface area contributed by atoms with Crippen molar-refractivity contribution in [3.05, 3.63) is 58.7 Å². The highest BCUT2D eigenvalue weighted by atomic mass is 35.5. The molecule has 1 saturated heterocycles. The van der Waals surface area contributed by atoms with E-state index >= 15 is 0 Å². The third-order valence-corrected chi connectivity index (χ3v) is 8.68. The zero-order valence-corrected chi connectivity index (χ0v) is 26.1. The van der Waals surface area contributed by atoms with Crippen LogP contribution in [0.4, 0.5) is 5.95 Å². The second-order valence-electron chi connectivity index (χ2n) is 11.5. The van der Waals surface area contributed by atoms with Gasteiger partial charge in [0, 0.05) is 48.0 Å².